The first-order chi connectivity index (χ1) is 9.52. The molecule has 0 fully saturated rings. The zero-order valence-electron chi connectivity index (χ0n) is 10.8. The number of halogens is 2. The van der Waals surface area contributed by atoms with Crippen molar-refractivity contribution in [2.45, 2.75) is 25.5 Å². The minimum atomic E-state index is -2.84. The Morgan fingerprint density at radius 1 is 1.40 bits per heavy atom. The SMILES string of the molecule is C#CCC(N)C(=O)NCCc1ccc(OC(F)F)cc1. The summed E-state index contributed by atoms with van der Waals surface area (Å²) in [5.74, 6) is 2.11. The highest BCUT2D eigenvalue weighted by molar-refractivity contribution is 5.81. The van der Waals surface area contributed by atoms with Crippen molar-refractivity contribution in [3.05, 3.63) is 29.8 Å². The summed E-state index contributed by atoms with van der Waals surface area (Å²) in [7, 11) is 0. The lowest BCUT2D eigenvalue weighted by Crippen LogP contribution is -2.41. The number of ether oxygens (including phenoxy) is 1. The van der Waals surface area contributed by atoms with Crippen molar-refractivity contribution in [3.63, 3.8) is 0 Å². The van der Waals surface area contributed by atoms with Crippen LogP contribution in [0.1, 0.15) is 12.0 Å². The number of alkyl halides is 2. The van der Waals surface area contributed by atoms with Crippen molar-refractivity contribution < 1.29 is 18.3 Å². The standard InChI is InChI=1S/C14H16F2N2O2/c1-2-3-12(17)13(19)18-9-8-10-4-6-11(7-5-10)20-14(15)16/h1,4-7,12,14H,3,8-9,17H2,(H,18,19). The summed E-state index contributed by atoms with van der Waals surface area (Å²) in [5.41, 5.74) is 6.42. The number of terminal acetylenes is 1. The Kier molecular flexibility index (Phi) is 6.47. The van der Waals surface area contributed by atoms with Gasteiger partial charge in [-0.15, -0.1) is 12.3 Å². The number of rotatable bonds is 7. The third-order valence-electron chi connectivity index (χ3n) is 2.54. The van der Waals surface area contributed by atoms with Gasteiger partial charge < -0.3 is 15.8 Å². The molecule has 1 aromatic rings. The quantitative estimate of drug-likeness (QED) is 0.741. The largest absolute Gasteiger partial charge is 0.435 e. The molecule has 1 rings (SSSR count). The number of benzene rings is 1. The van der Waals surface area contributed by atoms with Gasteiger partial charge in [-0.1, -0.05) is 12.1 Å². The Labute approximate surface area is 116 Å². The molecule has 0 saturated carbocycles. The minimum Gasteiger partial charge on any atom is -0.435 e. The zero-order valence-corrected chi connectivity index (χ0v) is 10.8. The molecule has 0 aliphatic heterocycles. The summed E-state index contributed by atoms with van der Waals surface area (Å²) in [6.07, 6.45) is 5.81. The van der Waals surface area contributed by atoms with Crippen LogP contribution in [0.25, 0.3) is 0 Å². The highest BCUT2D eigenvalue weighted by Crippen LogP contribution is 2.14. The molecule has 0 aliphatic rings. The van der Waals surface area contributed by atoms with Crippen LogP contribution in [-0.2, 0) is 11.2 Å². The fraction of sp³-hybridized carbons (Fsp3) is 0.357. The van der Waals surface area contributed by atoms with Gasteiger partial charge in [0, 0.05) is 13.0 Å². The molecule has 20 heavy (non-hydrogen) atoms. The number of hydrogen-bond donors (Lipinski definition) is 2. The van der Waals surface area contributed by atoms with Crippen LogP contribution >= 0.6 is 0 Å². The van der Waals surface area contributed by atoms with Crippen LogP contribution < -0.4 is 15.8 Å². The summed E-state index contributed by atoms with van der Waals surface area (Å²) >= 11 is 0. The molecular formula is C14H16F2N2O2. The Balaban J connectivity index is 2.35. The van der Waals surface area contributed by atoms with E-state index in [1.807, 2.05) is 0 Å². The average Bonchev–Trinajstić information content (AvgIpc) is 2.40. The van der Waals surface area contributed by atoms with E-state index in [0.29, 0.717) is 13.0 Å². The first kappa shape index (κ1) is 15.9. The second-order valence-electron chi connectivity index (χ2n) is 4.08. The van der Waals surface area contributed by atoms with E-state index >= 15 is 0 Å². The van der Waals surface area contributed by atoms with E-state index in [1.165, 1.54) is 12.1 Å². The molecule has 0 spiro atoms. The molecule has 0 aromatic heterocycles. The van der Waals surface area contributed by atoms with E-state index in [9.17, 15) is 13.6 Å². The maximum atomic E-state index is 12.0. The lowest BCUT2D eigenvalue weighted by atomic mass is 10.1. The molecule has 0 bridgehead atoms. The minimum absolute atomic E-state index is 0.101. The molecule has 1 atom stereocenters. The number of nitrogens with two attached hydrogens (primary N) is 1. The van der Waals surface area contributed by atoms with Gasteiger partial charge in [0.2, 0.25) is 5.91 Å². The second kappa shape index (κ2) is 8.12. The normalized spacial score (nSPS) is 11.8. The lowest BCUT2D eigenvalue weighted by Gasteiger charge is -2.10. The molecule has 1 aromatic carbocycles. The summed E-state index contributed by atoms with van der Waals surface area (Å²) in [4.78, 5) is 11.5. The van der Waals surface area contributed by atoms with Crippen molar-refractivity contribution >= 4 is 5.91 Å². The van der Waals surface area contributed by atoms with E-state index in [0.717, 1.165) is 5.56 Å². The average molecular weight is 282 g/mol. The predicted octanol–water partition coefficient (Wildman–Crippen LogP) is 1.30. The van der Waals surface area contributed by atoms with Gasteiger partial charge in [-0.25, -0.2) is 0 Å². The fourth-order valence-corrected chi connectivity index (χ4v) is 1.52. The zero-order chi connectivity index (χ0) is 15.0. The van der Waals surface area contributed by atoms with E-state index < -0.39 is 12.7 Å². The molecule has 3 N–H and O–H groups in total. The van der Waals surface area contributed by atoms with Crippen LogP contribution in [0.4, 0.5) is 8.78 Å². The maximum absolute atomic E-state index is 12.0. The van der Waals surface area contributed by atoms with Crippen LogP contribution in [0.2, 0.25) is 0 Å². The maximum Gasteiger partial charge on any atom is 0.387 e. The summed E-state index contributed by atoms with van der Waals surface area (Å²) in [6, 6.07) is 5.51. The molecule has 0 heterocycles. The summed E-state index contributed by atoms with van der Waals surface area (Å²) in [6.45, 7) is -2.44. The van der Waals surface area contributed by atoms with Crippen molar-refractivity contribution in [2.24, 2.45) is 5.73 Å². The highest BCUT2D eigenvalue weighted by atomic mass is 19.3. The van der Waals surface area contributed by atoms with Crippen molar-refractivity contribution in [2.75, 3.05) is 6.54 Å². The van der Waals surface area contributed by atoms with Crippen LogP contribution in [0.3, 0.4) is 0 Å². The van der Waals surface area contributed by atoms with Gasteiger partial charge in [-0.2, -0.15) is 8.78 Å². The van der Waals surface area contributed by atoms with Gasteiger partial charge in [-0.05, 0) is 24.1 Å². The molecule has 1 unspecified atom stereocenters. The number of carbonyl (C=O) groups is 1. The van der Waals surface area contributed by atoms with Gasteiger partial charge in [0.15, 0.2) is 0 Å². The van der Waals surface area contributed by atoms with Crippen molar-refractivity contribution in [1.82, 2.24) is 5.32 Å². The van der Waals surface area contributed by atoms with Gasteiger partial charge >= 0.3 is 6.61 Å². The molecule has 0 aliphatic carbocycles. The number of carbonyl (C=O) groups excluding carboxylic acids is 1. The molecule has 4 nitrogen and oxygen atoms in total. The molecule has 108 valence electrons. The van der Waals surface area contributed by atoms with Gasteiger partial charge in [0.1, 0.15) is 5.75 Å². The monoisotopic (exact) mass is 282 g/mol. The van der Waals surface area contributed by atoms with Crippen LogP contribution in [0.5, 0.6) is 5.75 Å². The number of nitrogens with one attached hydrogen (secondary N) is 1. The topological polar surface area (TPSA) is 64.4 Å². The smallest absolute Gasteiger partial charge is 0.387 e. The highest BCUT2D eigenvalue weighted by Gasteiger charge is 2.10. The molecule has 0 saturated heterocycles. The van der Waals surface area contributed by atoms with Crippen LogP contribution in [-0.4, -0.2) is 25.1 Å². The summed E-state index contributed by atoms with van der Waals surface area (Å²) in [5, 5.41) is 2.65. The number of amides is 1. The lowest BCUT2D eigenvalue weighted by molar-refractivity contribution is -0.122. The Hall–Kier alpha value is -2.13. The Morgan fingerprint density at radius 3 is 2.60 bits per heavy atom. The van der Waals surface area contributed by atoms with Gasteiger partial charge in [-0.3, -0.25) is 4.79 Å². The Morgan fingerprint density at radius 2 is 2.05 bits per heavy atom. The van der Waals surface area contributed by atoms with E-state index in [1.54, 1.807) is 12.1 Å². The fourth-order valence-electron chi connectivity index (χ4n) is 1.52. The number of hydrogen-bond acceptors (Lipinski definition) is 3. The van der Waals surface area contributed by atoms with Gasteiger partial charge in [0.25, 0.3) is 0 Å². The predicted molar refractivity (Wildman–Crippen MR) is 71.2 cm³/mol. The van der Waals surface area contributed by atoms with Gasteiger partial charge in [0.05, 0.1) is 6.04 Å². The molecule has 6 heteroatoms. The van der Waals surface area contributed by atoms with E-state index in [-0.39, 0.29) is 18.1 Å². The van der Waals surface area contributed by atoms with E-state index in [4.69, 9.17) is 12.2 Å². The third kappa shape index (κ3) is 5.67. The van der Waals surface area contributed by atoms with Crippen molar-refractivity contribution in [3.8, 4) is 18.1 Å². The molecular weight excluding hydrogens is 266 g/mol. The second-order valence-corrected chi connectivity index (χ2v) is 4.08. The molecule has 1 amide bonds. The first-order valence-electron chi connectivity index (χ1n) is 6.03. The third-order valence-corrected chi connectivity index (χ3v) is 2.54. The first-order valence-corrected chi connectivity index (χ1v) is 6.03. The van der Waals surface area contributed by atoms with Crippen LogP contribution in [0, 0.1) is 12.3 Å². The Bertz CT molecular complexity index is 469. The van der Waals surface area contributed by atoms with Crippen LogP contribution in [0.15, 0.2) is 24.3 Å². The molecule has 0 radical (unpaired) electrons. The van der Waals surface area contributed by atoms with Crippen molar-refractivity contribution in [1.29, 1.82) is 0 Å². The summed E-state index contributed by atoms with van der Waals surface area (Å²) < 4.78 is 28.1. The van der Waals surface area contributed by atoms with E-state index in [2.05, 4.69) is 16.0 Å².